The van der Waals surface area contributed by atoms with Gasteiger partial charge in [-0.15, -0.1) is 0 Å². The highest BCUT2D eigenvalue weighted by Crippen LogP contribution is 2.27. The molecular weight excluding hydrogens is 234 g/mol. The number of aliphatic imine (C=N–C) groups is 1. The number of carbonyl (C=O) groups excluding carboxylic acids is 1. The Balaban J connectivity index is 2.10. The van der Waals surface area contributed by atoms with Crippen LogP contribution in [0.1, 0.15) is 22.3 Å². The smallest absolute Gasteiger partial charge is 0.207 e. The maximum atomic E-state index is 12.4. The van der Waals surface area contributed by atoms with Crippen LogP contribution in [-0.2, 0) is 6.42 Å². The molecule has 0 saturated carbocycles. The molecule has 86 valence electrons. The van der Waals surface area contributed by atoms with Gasteiger partial charge in [0.15, 0.2) is 0 Å². The van der Waals surface area contributed by atoms with E-state index < -0.39 is 0 Å². The second kappa shape index (κ2) is 4.11. The number of hydrogen-bond donors (Lipinski definition) is 0. The topological polar surface area (TPSA) is 29.4 Å². The van der Waals surface area contributed by atoms with Gasteiger partial charge in [-0.2, -0.15) is 0 Å². The van der Waals surface area contributed by atoms with Crippen molar-refractivity contribution < 1.29 is 4.79 Å². The Kier molecular flexibility index (Phi) is 2.60. The summed E-state index contributed by atoms with van der Waals surface area (Å²) in [5.74, 6) is 0.256. The van der Waals surface area contributed by atoms with Crippen LogP contribution >= 0.6 is 11.6 Å². The lowest BCUT2D eigenvalue weighted by molar-refractivity contribution is 0.106. The number of halogens is 1. The maximum absolute atomic E-state index is 12.4. The normalized spacial score (nSPS) is 22.5. The molecular formula is C14H12ClNO. The van der Waals surface area contributed by atoms with Crippen LogP contribution in [0.4, 0.5) is 0 Å². The molecule has 1 aliphatic carbocycles. The largest absolute Gasteiger partial charge is 0.287 e. The highest BCUT2D eigenvalue weighted by atomic mass is 35.5. The molecule has 0 N–H and O–H groups in total. The number of hydrogen-bond acceptors (Lipinski definition) is 2. The minimum atomic E-state index is 0.0727. The molecule has 1 atom stereocenters. The molecule has 0 spiro atoms. The Hall–Kier alpha value is -1.41. The maximum Gasteiger partial charge on any atom is 0.207 e. The first-order valence-corrected chi connectivity index (χ1v) is 6.17. The van der Waals surface area contributed by atoms with Crippen LogP contribution in [0.15, 0.2) is 35.3 Å². The van der Waals surface area contributed by atoms with Crippen molar-refractivity contribution in [2.45, 2.75) is 12.8 Å². The van der Waals surface area contributed by atoms with Gasteiger partial charge in [-0.3, -0.25) is 9.79 Å². The fourth-order valence-corrected chi connectivity index (χ4v) is 2.69. The molecule has 3 rings (SSSR count). The van der Waals surface area contributed by atoms with Crippen LogP contribution in [0.2, 0.25) is 5.02 Å². The van der Waals surface area contributed by atoms with E-state index in [4.69, 9.17) is 11.6 Å². The predicted octanol–water partition coefficient (Wildman–Crippen LogP) is 3.10. The van der Waals surface area contributed by atoms with E-state index in [2.05, 4.69) is 11.1 Å². The molecule has 17 heavy (non-hydrogen) atoms. The first-order valence-electron chi connectivity index (χ1n) is 5.80. The van der Waals surface area contributed by atoms with Crippen LogP contribution in [-0.4, -0.2) is 18.0 Å². The molecule has 1 unspecified atom stereocenters. The summed E-state index contributed by atoms with van der Waals surface area (Å²) in [7, 11) is 0. The highest BCUT2D eigenvalue weighted by Gasteiger charge is 2.28. The number of nitrogens with zero attached hydrogens (tertiary/aromatic N) is 1. The third-order valence-corrected chi connectivity index (χ3v) is 3.59. The van der Waals surface area contributed by atoms with Crippen molar-refractivity contribution in [1.29, 1.82) is 0 Å². The zero-order valence-corrected chi connectivity index (χ0v) is 10.1. The van der Waals surface area contributed by atoms with E-state index in [0.717, 1.165) is 24.0 Å². The van der Waals surface area contributed by atoms with Crippen molar-refractivity contribution in [1.82, 2.24) is 0 Å². The molecule has 1 aromatic rings. The lowest BCUT2D eigenvalue weighted by Crippen LogP contribution is -2.23. The molecule has 1 heterocycles. The first kappa shape index (κ1) is 10.7. The Labute approximate surface area is 105 Å². The Morgan fingerprint density at radius 1 is 1.35 bits per heavy atom. The van der Waals surface area contributed by atoms with E-state index in [0.29, 0.717) is 17.3 Å². The van der Waals surface area contributed by atoms with Crippen LogP contribution in [0, 0.1) is 5.92 Å². The monoisotopic (exact) mass is 245 g/mol. The summed E-state index contributed by atoms with van der Waals surface area (Å²) in [4.78, 5) is 16.7. The molecule has 2 aliphatic rings. The minimum Gasteiger partial charge on any atom is -0.287 e. The van der Waals surface area contributed by atoms with Crippen molar-refractivity contribution in [2.75, 3.05) is 6.54 Å². The lowest BCUT2D eigenvalue weighted by Gasteiger charge is -2.14. The number of fused-ring (bicyclic) bond motifs is 2. The molecule has 0 aromatic heterocycles. The first-order chi connectivity index (χ1) is 8.25. The minimum absolute atomic E-state index is 0.0727. The Morgan fingerprint density at radius 3 is 3.12 bits per heavy atom. The predicted molar refractivity (Wildman–Crippen MR) is 69.0 cm³/mol. The lowest BCUT2D eigenvalue weighted by atomic mass is 9.94. The fourth-order valence-electron chi connectivity index (χ4n) is 2.50. The summed E-state index contributed by atoms with van der Waals surface area (Å²) >= 11 is 5.97. The van der Waals surface area contributed by atoms with Gasteiger partial charge in [0.1, 0.15) is 0 Å². The van der Waals surface area contributed by atoms with Crippen molar-refractivity contribution in [3.63, 3.8) is 0 Å². The van der Waals surface area contributed by atoms with Crippen LogP contribution in [0.25, 0.3) is 0 Å². The summed E-state index contributed by atoms with van der Waals surface area (Å²) in [5.41, 5.74) is 2.53. The van der Waals surface area contributed by atoms with Crippen LogP contribution in [0.3, 0.4) is 0 Å². The zero-order valence-electron chi connectivity index (χ0n) is 9.32. The molecule has 0 radical (unpaired) electrons. The number of dihydropyridines is 1. The van der Waals surface area contributed by atoms with E-state index >= 15 is 0 Å². The number of benzene rings is 1. The molecule has 0 amide bonds. The number of ketones is 1. The Morgan fingerprint density at radius 2 is 2.24 bits per heavy atom. The zero-order chi connectivity index (χ0) is 11.8. The van der Waals surface area contributed by atoms with Crippen molar-refractivity contribution in [3.05, 3.63) is 46.5 Å². The Bertz CT molecular complexity index is 545. The van der Waals surface area contributed by atoms with Crippen molar-refractivity contribution in [2.24, 2.45) is 10.9 Å². The quantitative estimate of drug-likeness (QED) is 0.646. The second-order valence-corrected chi connectivity index (χ2v) is 4.87. The number of allylic oxidation sites excluding steroid dienone is 1. The summed E-state index contributed by atoms with van der Waals surface area (Å²) in [6, 6.07) is 5.50. The number of rotatable bonds is 0. The average molecular weight is 246 g/mol. The second-order valence-electron chi connectivity index (χ2n) is 4.43. The van der Waals surface area contributed by atoms with Crippen molar-refractivity contribution >= 4 is 23.1 Å². The van der Waals surface area contributed by atoms with E-state index in [1.807, 2.05) is 18.2 Å². The number of carbonyl (C=O) groups is 1. The standard InChI is InChI=1S/C14H12ClNO/c15-11-5-6-12-10(8-11)4-3-9-2-1-7-16-13(9)14(12)17/h1-2,5-6,8-9H,3-4,7H2. The van der Waals surface area contributed by atoms with E-state index in [1.54, 1.807) is 6.07 Å². The number of Topliss-reactive ketones (excluding diaryl/α,β-unsaturated/α-hetero) is 1. The van der Waals surface area contributed by atoms with Crippen LogP contribution in [0.5, 0.6) is 0 Å². The van der Waals surface area contributed by atoms with Gasteiger partial charge in [-0.1, -0.05) is 23.8 Å². The summed E-state index contributed by atoms with van der Waals surface area (Å²) in [5, 5.41) is 0.693. The van der Waals surface area contributed by atoms with Crippen molar-refractivity contribution in [3.8, 4) is 0 Å². The molecule has 3 heteroatoms. The van der Waals surface area contributed by atoms with E-state index in [-0.39, 0.29) is 11.7 Å². The van der Waals surface area contributed by atoms with E-state index in [9.17, 15) is 4.79 Å². The summed E-state index contributed by atoms with van der Waals surface area (Å²) in [6.45, 7) is 0.625. The van der Waals surface area contributed by atoms with E-state index in [1.165, 1.54) is 0 Å². The van der Waals surface area contributed by atoms with Gasteiger partial charge in [0, 0.05) is 16.5 Å². The summed E-state index contributed by atoms with van der Waals surface area (Å²) < 4.78 is 0. The van der Waals surface area contributed by atoms with Gasteiger partial charge in [-0.05, 0) is 36.6 Å². The third kappa shape index (κ3) is 1.83. The van der Waals surface area contributed by atoms with Gasteiger partial charge >= 0.3 is 0 Å². The molecule has 1 aromatic carbocycles. The van der Waals surface area contributed by atoms with Gasteiger partial charge in [0.2, 0.25) is 5.78 Å². The molecule has 0 bridgehead atoms. The van der Waals surface area contributed by atoms with Gasteiger partial charge in [-0.25, -0.2) is 0 Å². The molecule has 0 saturated heterocycles. The van der Waals surface area contributed by atoms with Gasteiger partial charge in [0.25, 0.3) is 0 Å². The van der Waals surface area contributed by atoms with Gasteiger partial charge in [0.05, 0.1) is 12.3 Å². The van der Waals surface area contributed by atoms with Gasteiger partial charge < -0.3 is 0 Å². The van der Waals surface area contributed by atoms with Crippen LogP contribution < -0.4 is 0 Å². The molecule has 1 aliphatic heterocycles. The SMILES string of the molecule is O=C1C2=NCC=CC2CCc2cc(Cl)ccc21. The average Bonchev–Trinajstić information content (AvgIpc) is 2.48. The third-order valence-electron chi connectivity index (χ3n) is 3.36. The fraction of sp³-hybridized carbons (Fsp3) is 0.286. The number of aryl methyl sites for hydroxylation is 1. The summed E-state index contributed by atoms with van der Waals surface area (Å²) in [6.07, 6.45) is 5.96. The molecule has 2 nitrogen and oxygen atoms in total. The highest BCUT2D eigenvalue weighted by molar-refractivity contribution is 6.47. The molecule has 0 fully saturated rings.